The normalized spacial score (nSPS) is 11.0. The summed E-state index contributed by atoms with van der Waals surface area (Å²) in [5.41, 5.74) is 3.65. The van der Waals surface area contributed by atoms with E-state index in [1.165, 1.54) is 17.8 Å². The molecule has 0 saturated heterocycles. The van der Waals surface area contributed by atoms with E-state index in [0.717, 1.165) is 11.3 Å². The molecule has 0 aliphatic rings. The Balaban J connectivity index is 2.04. The van der Waals surface area contributed by atoms with Gasteiger partial charge in [0.05, 0.1) is 0 Å². The Labute approximate surface area is 132 Å². The van der Waals surface area contributed by atoms with Crippen LogP contribution in [0.15, 0.2) is 35.5 Å². The fourth-order valence-corrected chi connectivity index (χ4v) is 2.38. The van der Waals surface area contributed by atoms with Crippen molar-refractivity contribution in [3.8, 4) is 0 Å². The van der Waals surface area contributed by atoms with Crippen molar-refractivity contribution >= 4 is 35.3 Å². The molecular weight excluding hydrogens is 308 g/mol. The number of rotatable bonds is 5. The molecule has 110 valence electrons. The van der Waals surface area contributed by atoms with Gasteiger partial charge >= 0.3 is 0 Å². The van der Waals surface area contributed by atoms with Crippen molar-refractivity contribution in [1.82, 2.24) is 14.9 Å². The van der Waals surface area contributed by atoms with E-state index < -0.39 is 0 Å². The summed E-state index contributed by atoms with van der Waals surface area (Å²) < 4.78 is 1.59. The molecule has 0 aliphatic carbocycles. The number of nitrogens with one attached hydrogen (secondary N) is 1. The Morgan fingerprint density at radius 1 is 1.38 bits per heavy atom. The molecule has 0 saturated carbocycles. The first-order chi connectivity index (χ1) is 10.1. The lowest BCUT2D eigenvalue weighted by atomic mass is 10.2. The number of amides is 1. The van der Waals surface area contributed by atoms with Crippen LogP contribution in [0.1, 0.15) is 18.3 Å². The maximum Gasteiger partial charge on any atom is 0.262 e. The molecule has 0 atom stereocenters. The molecule has 2 aromatic rings. The molecule has 1 N–H and O–H groups in total. The molecule has 0 fully saturated rings. The monoisotopic (exact) mass is 322 g/mol. The first kappa shape index (κ1) is 15.6. The lowest BCUT2D eigenvalue weighted by Gasteiger charge is -2.07. The Kier molecular flexibility index (Phi) is 5.41. The highest BCUT2D eigenvalue weighted by molar-refractivity contribution is 7.99. The Morgan fingerprint density at radius 2 is 2.10 bits per heavy atom. The molecular formula is C14H15ClN4OS. The van der Waals surface area contributed by atoms with Crippen LogP contribution in [-0.4, -0.2) is 26.5 Å². The van der Waals surface area contributed by atoms with Gasteiger partial charge in [-0.25, -0.2) is 4.68 Å². The highest BCUT2D eigenvalue weighted by Gasteiger charge is 2.09. The van der Waals surface area contributed by atoms with E-state index in [0.29, 0.717) is 16.0 Å². The molecule has 7 heteroatoms. The lowest BCUT2D eigenvalue weighted by molar-refractivity contribution is -0.112. The van der Waals surface area contributed by atoms with Crippen LogP contribution in [0.4, 0.5) is 0 Å². The predicted octanol–water partition coefficient (Wildman–Crippen LogP) is 3.14. The molecule has 5 nitrogen and oxygen atoms in total. The number of aromatic nitrogens is 3. The van der Waals surface area contributed by atoms with E-state index in [2.05, 4.69) is 15.6 Å². The van der Waals surface area contributed by atoms with Crippen molar-refractivity contribution in [2.24, 2.45) is 0 Å². The zero-order valence-electron chi connectivity index (χ0n) is 11.7. The second-order valence-corrected chi connectivity index (χ2v) is 5.83. The van der Waals surface area contributed by atoms with E-state index in [9.17, 15) is 4.79 Å². The van der Waals surface area contributed by atoms with Crippen LogP contribution in [-0.2, 0) is 4.79 Å². The summed E-state index contributed by atoms with van der Waals surface area (Å²) in [5, 5.41) is 9.30. The van der Waals surface area contributed by atoms with E-state index in [1.54, 1.807) is 29.8 Å². The van der Waals surface area contributed by atoms with Crippen LogP contribution in [0.5, 0.6) is 0 Å². The summed E-state index contributed by atoms with van der Waals surface area (Å²) >= 11 is 7.33. The van der Waals surface area contributed by atoms with Gasteiger partial charge in [0.1, 0.15) is 5.82 Å². The fourth-order valence-electron chi connectivity index (χ4n) is 1.59. The molecule has 2 rings (SSSR count). The molecule has 21 heavy (non-hydrogen) atoms. The van der Waals surface area contributed by atoms with Crippen molar-refractivity contribution in [2.75, 3.05) is 11.2 Å². The Bertz CT molecular complexity index is 651. The van der Waals surface area contributed by atoms with Crippen LogP contribution in [0.25, 0.3) is 6.08 Å². The summed E-state index contributed by atoms with van der Waals surface area (Å²) in [5.74, 6) is 1.25. The van der Waals surface area contributed by atoms with Gasteiger partial charge < -0.3 is 0 Å². The van der Waals surface area contributed by atoms with E-state index in [1.807, 2.05) is 19.1 Å². The molecule has 0 bridgehead atoms. The number of hydrogen-bond donors (Lipinski definition) is 1. The Hall–Kier alpha value is -1.79. The molecule has 1 amide bonds. The van der Waals surface area contributed by atoms with Gasteiger partial charge in [-0.2, -0.15) is 0 Å². The minimum absolute atomic E-state index is 0.245. The minimum Gasteiger partial charge on any atom is -0.268 e. The van der Waals surface area contributed by atoms with Crippen molar-refractivity contribution in [3.05, 3.63) is 46.8 Å². The molecule has 1 heterocycles. The zero-order chi connectivity index (χ0) is 15.2. The average molecular weight is 323 g/mol. The lowest BCUT2D eigenvalue weighted by Crippen LogP contribution is -2.22. The summed E-state index contributed by atoms with van der Waals surface area (Å²) in [7, 11) is 0. The van der Waals surface area contributed by atoms with Gasteiger partial charge in [-0.15, -0.1) is 10.2 Å². The number of carbonyl (C=O) groups is 1. The van der Waals surface area contributed by atoms with E-state index in [-0.39, 0.29) is 5.91 Å². The molecule has 1 aromatic heterocycles. The van der Waals surface area contributed by atoms with Crippen LogP contribution >= 0.6 is 23.4 Å². The molecule has 0 aliphatic heterocycles. The van der Waals surface area contributed by atoms with Crippen LogP contribution in [0, 0.1) is 6.92 Å². The fraction of sp³-hybridized carbons (Fsp3) is 0.214. The summed E-state index contributed by atoms with van der Waals surface area (Å²) in [6.07, 6.45) is 3.18. The molecule has 0 spiro atoms. The van der Waals surface area contributed by atoms with Crippen molar-refractivity contribution < 1.29 is 4.79 Å². The summed E-state index contributed by atoms with van der Waals surface area (Å²) in [6, 6.07) is 7.24. The van der Waals surface area contributed by atoms with Gasteiger partial charge in [0.2, 0.25) is 5.16 Å². The zero-order valence-corrected chi connectivity index (χ0v) is 13.3. The summed E-state index contributed by atoms with van der Waals surface area (Å²) in [6.45, 7) is 3.80. The topological polar surface area (TPSA) is 59.8 Å². The third kappa shape index (κ3) is 4.34. The van der Waals surface area contributed by atoms with Crippen LogP contribution in [0.2, 0.25) is 5.02 Å². The number of carbonyl (C=O) groups excluding carboxylic acids is 1. The van der Waals surface area contributed by atoms with Gasteiger partial charge in [0, 0.05) is 11.1 Å². The number of thioether (sulfide) groups is 1. The second kappa shape index (κ2) is 7.28. The first-order valence-corrected chi connectivity index (χ1v) is 7.76. The molecule has 0 unspecified atom stereocenters. The van der Waals surface area contributed by atoms with Gasteiger partial charge in [-0.1, -0.05) is 42.4 Å². The van der Waals surface area contributed by atoms with Crippen molar-refractivity contribution in [3.63, 3.8) is 0 Å². The van der Waals surface area contributed by atoms with Crippen molar-refractivity contribution in [2.45, 2.75) is 19.0 Å². The predicted molar refractivity (Wildman–Crippen MR) is 86.0 cm³/mol. The maximum absolute atomic E-state index is 11.9. The van der Waals surface area contributed by atoms with E-state index in [4.69, 9.17) is 11.6 Å². The molecule has 0 radical (unpaired) electrons. The highest BCUT2D eigenvalue weighted by Crippen LogP contribution is 2.14. The number of hydrogen-bond acceptors (Lipinski definition) is 4. The van der Waals surface area contributed by atoms with Gasteiger partial charge in [0.15, 0.2) is 0 Å². The Morgan fingerprint density at radius 3 is 2.76 bits per heavy atom. The first-order valence-electron chi connectivity index (χ1n) is 6.39. The number of halogens is 1. The highest BCUT2D eigenvalue weighted by atomic mass is 35.5. The standard InChI is InChI=1S/C14H15ClN4OS/c1-3-21-14-17-16-10(2)19(14)18-13(20)9-6-11-4-7-12(15)8-5-11/h4-9H,3H2,1-2H3,(H,18,20). The average Bonchev–Trinajstić information content (AvgIpc) is 2.80. The quantitative estimate of drug-likeness (QED) is 0.678. The SMILES string of the molecule is CCSc1nnc(C)n1NC(=O)C=Cc1ccc(Cl)cc1. The summed E-state index contributed by atoms with van der Waals surface area (Å²) in [4.78, 5) is 11.9. The second-order valence-electron chi connectivity index (χ2n) is 4.16. The minimum atomic E-state index is -0.245. The third-order valence-electron chi connectivity index (χ3n) is 2.59. The smallest absolute Gasteiger partial charge is 0.262 e. The largest absolute Gasteiger partial charge is 0.268 e. The van der Waals surface area contributed by atoms with E-state index >= 15 is 0 Å². The van der Waals surface area contributed by atoms with Crippen molar-refractivity contribution in [1.29, 1.82) is 0 Å². The molecule has 1 aromatic carbocycles. The number of benzene rings is 1. The van der Waals surface area contributed by atoms with Gasteiger partial charge in [0.25, 0.3) is 5.91 Å². The van der Waals surface area contributed by atoms with Crippen LogP contribution in [0.3, 0.4) is 0 Å². The van der Waals surface area contributed by atoms with Crippen LogP contribution < -0.4 is 5.43 Å². The third-order valence-corrected chi connectivity index (χ3v) is 3.65. The number of aryl methyl sites for hydroxylation is 1. The van der Waals surface area contributed by atoms with Gasteiger partial charge in [-0.3, -0.25) is 10.2 Å². The number of nitrogens with zero attached hydrogens (tertiary/aromatic N) is 3. The van der Waals surface area contributed by atoms with Gasteiger partial charge in [-0.05, 0) is 36.4 Å². The maximum atomic E-state index is 11.9.